The lowest BCUT2D eigenvalue weighted by molar-refractivity contribution is 0.728. The first-order chi connectivity index (χ1) is 10.2. The van der Waals surface area contributed by atoms with Crippen LogP contribution in [0.15, 0.2) is 42.5 Å². The molecule has 0 radical (unpaired) electrons. The average Bonchev–Trinajstić information content (AvgIpc) is 2.52. The largest absolute Gasteiger partial charge is 0.313 e. The van der Waals surface area contributed by atoms with Gasteiger partial charge in [-0.1, -0.05) is 62.2 Å². The first-order valence-electron chi connectivity index (χ1n) is 7.83. The predicted octanol–water partition coefficient (Wildman–Crippen LogP) is 5.46. The summed E-state index contributed by atoms with van der Waals surface area (Å²) in [4.78, 5) is 0. The van der Waals surface area contributed by atoms with E-state index in [4.69, 9.17) is 11.6 Å². The molecule has 2 aromatic carbocycles. The minimum atomic E-state index is 0.792. The second-order valence-electron chi connectivity index (χ2n) is 5.38. The van der Waals surface area contributed by atoms with Crippen molar-refractivity contribution in [2.24, 2.45) is 0 Å². The summed E-state index contributed by atoms with van der Waals surface area (Å²) in [6.07, 6.45) is 3.65. The molecule has 0 aromatic heterocycles. The van der Waals surface area contributed by atoms with Crippen molar-refractivity contribution in [3.8, 4) is 11.1 Å². The standard InChI is InChI=1S/C19H24ClN/c1-3-5-6-15-7-9-16(10-8-15)19-13-18(20)12-11-17(19)14-21-4-2/h7-13,21H,3-6,14H2,1-2H3. The zero-order chi connectivity index (χ0) is 15.1. The lowest BCUT2D eigenvalue weighted by Crippen LogP contribution is -2.12. The van der Waals surface area contributed by atoms with Crippen LogP contribution in [-0.2, 0) is 13.0 Å². The molecule has 112 valence electrons. The Hall–Kier alpha value is -1.31. The Labute approximate surface area is 133 Å². The van der Waals surface area contributed by atoms with Crippen molar-refractivity contribution in [3.63, 3.8) is 0 Å². The van der Waals surface area contributed by atoms with Crippen molar-refractivity contribution < 1.29 is 0 Å². The van der Waals surface area contributed by atoms with Gasteiger partial charge in [0, 0.05) is 11.6 Å². The quantitative estimate of drug-likeness (QED) is 0.716. The highest BCUT2D eigenvalue weighted by atomic mass is 35.5. The van der Waals surface area contributed by atoms with Gasteiger partial charge in [0.05, 0.1) is 0 Å². The normalized spacial score (nSPS) is 10.8. The Bertz CT molecular complexity index is 560. The van der Waals surface area contributed by atoms with E-state index in [1.807, 2.05) is 6.07 Å². The molecule has 0 bridgehead atoms. The summed E-state index contributed by atoms with van der Waals surface area (Å²) in [6, 6.07) is 15.1. The Morgan fingerprint density at radius 1 is 1.00 bits per heavy atom. The van der Waals surface area contributed by atoms with Gasteiger partial charge in [0.15, 0.2) is 0 Å². The van der Waals surface area contributed by atoms with Crippen molar-refractivity contribution in [3.05, 3.63) is 58.6 Å². The first kappa shape index (κ1) is 16.1. The molecule has 2 aromatic rings. The molecule has 0 saturated heterocycles. The van der Waals surface area contributed by atoms with Crippen LogP contribution in [0, 0.1) is 0 Å². The molecule has 2 heteroatoms. The highest BCUT2D eigenvalue weighted by molar-refractivity contribution is 6.30. The van der Waals surface area contributed by atoms with Crippen molar-refractivity contribution >= 4 is 11.6 Å². The molecular weight excluding hydrogens is 278 g/mol. The monoisotopic (exact) mass is 301 g/mol. The maximum Gasteiger partial charge on any atom is 0.0412 e. The van der Waals surface area contributed by atoms with E-state index in [0.717, 1.165) is 24.5 Å². The summed E-state index contributed by atoms with van der Waals surface area (Å²) < 4.78 is 0. The summed E-state index contributed by atoms with van der Waals surface area (Å²) in [7, 11) is 0. The maximum atomic E-state index is 6.18. The lowest BCUT2D eigenvalue weighted by Gasteiger charge is -2.12. The molecule has 0 aliphatic heterocycles. The molecule has 0 amide bonds. The van der Waals surface area contributed by atoms with E-state index in [9.17, 15) is 0 Å². The van der Waals surface area contributed by atoms with Crippen LogP contribution in [-0.4, -0.2) is 6.54 Å². The molecule has 0 unspecified atom stereocenters. The highest BCUT2D eigenvalue weighted by Crippen LogP contribution is 2.27. The summed E-state index contributed by atoms with van der Waals surface area (Å²) in [5.74, 6) is 0. The molecule has 21 heavy (non-hydrogen) atoms. The van der Waals surface area contributed by atoms with E-state index in [1.165, 1.54) is 35.1 Å². The fourth-order valence-corrected chi connectivity index (χ4v) is 2.64. The fourth-order valence-electron chi connectivity index (χ4n) is 2.46. The van der Waals surface area contributed by atoms with Gasteiger partial charge in [-0.15, -0.1) is 0 Å². The van der Waals surface area contributed by atoms with Crippen LogP contribution in [0.25, 0.3) is 11.1 Å². The Kier molecular flexibility index (Phi) is 6.28. The van der Waals surface area contributed by atoms with Crippen LogP contribution in [0.3, 0.4) is 0 Å². The SMILES string of the molecule is CCCCc1ccc(-c2cc(Cl)ccc2CNCC)cc1. The Morgan fingerprint density at radius 3 is 2.43 bits per heavy atom. The van der Waals surface area contributed by atoms with Gasteiger partial charge in [0.25, 0.3) is 0 Å². The molecule has 0 saturated carbocycles. The molecule has 2 rings (SSSR count). The topological polar surface area (TPSA) is 12.0 Å². The third-order valence-corrected chi connectivity index (χ3v) is 3.96. The second-order valence-corrected chi connectivity index (χ2v) is 5.82. The van der Waals surface area contributed by atoms with E-state index in [0.29, 0.717) is 0 Å². The van der Waals surface area contributed by atoms with Crippen LogP contribution in [0.2, 0.25) is 5.02 Å². The number of unbranched alkanes of at least 4 members (excludes halogenated alkanes) is 1. The minimum absolute atomic E-state index is 0.792. The van der Waals surface area contributed by atoms with Crippen molar-refractivity contribution in [2.75, 3.05) is 6.54 Å². The molecule has 0 aliphatic rings. The van der Waals surface area contributed by atoms with Crippen LogP contribution < -0.4 is 5.32 Å². The van der Waals surface area contributed by atoms with Gasteiger partial charge in [0.2, 0.25) is 0 Å². The smallest absolute Gasteiger partial charge is 0.0412 e. The van der Waals surface area contributed by atoms with E-state index < -0.39 is 0 Å². The number of nitrogens with one attached hydrogen (secondary N) is 1. The van der Waals surface area contributed by atoms with Gasteiger partial charge < -0.3 is 5.32 Å². The number of aryl methyl sites for hydroxylation is 1. The second kappa shape index (κ2) is 8.21. The number of benzene rings is 2. The number of rotatable bonds is 7. The average molecular weight is 302 g/mol. The van der Waals surface area contributed by atoms with Gasteiger partial charge in [-0.3, -0.25) is 0 Å². The van der Waals surface area contributed by atoms with Gasteiger partial charge in [0.1, 0.15) is 0 Å². The Morgan fingerprint density at radius 2 is 1.76 bits per heavy atom. The molecule has 1 N–H and O–H groups in total. The minimum Gasteiger partial charge on any atom is -0.313 e. The summed E-state index contributed by atoms with van der Waals surface area (Å²) in [6.45, 7) is 6.20. The van der Waals surface area contributed by atoms with Gasteiger partial charge >= 0.3 is 0 Å². The van der Waals surface area contributed by atoms with Crippen molar-refractivity contribution in [1.29, 1.82) is 0 Å². The van der Waals surface area contributed by atoms with Gasteiger partial charge in [-0.25, -0.2) is 0 Å². The summed E-state index contributed by atoms with van der Waals surface area (Å²) >= 11 is 6.18. The molecule has 0 heterocycles. The number of hydrogen-bond donors (Lipinski definition) is 1. The molecule has 0 fully saturated rings. The van der Waals surface area contributed by atoms with Crippen LogP contribution in [0.1, 0.15) is 37.8 Å². The summed E-state index contributed by atoms with van der Waals surface area (Å²) in [5, 5.41) is 4.18. The molecule has 0 aliphatic carbocycles. The third kappa shape index (κ3) is 4.59. The van der Waals surface area contributed by atoms with Crippen LogP contribution >= 0.6 is 11.6 Å². The zero-order valence-corrected chi connectivity index (χ0v) is 13.7. The van der Waals surface area contributed by atoms with E-state index in [1.54, 1.807) is 0 Å². The molecule has 0 spiro atoms. The van der Waals surface area contributed by atoms with Gasteiger partial charge in [-0.2, -0.15) is 0 Å². The Balaban J connectivity index is 2.25. The highest BCUT2D eigenvalue weighted by Gasteiger charge is 2.06. The number of halogens is 1. The predicted molar refractivity (Wildman–Crippen MR) is 92.9 cm³/mol. The van der Waals surface area contributed by atoms with E-state index in [2.05, 4.69) is 55.6 Å². The number of hydrogen-bond acceptors (Lipinski definition) is 1. The zero-order valence-electron chi connectivity index (χ0n) is 13.0. The van der Waals surface area contributed by atoms with Crippen LogP contribution in [0.4, 0.5) is 0 Å². The van der Waals surface area contributed by atoms with Gasteiger partial charge in [-0.05, 0) is 53.8 Å². The third-order valence-electron chi connectivity index (χ3n) is 3.72. The van der Waals surface area contributed by atoms with E-state index >= 15 is 0 Å². The maximum absolute atomic E-state index is 6.18. The molecule has 1 nitrogen and oxygen atoms in total. The van der Waals surface area contributed by atoms with E-state index in [-0.39, 0.29) is 0 Å². The van der Waals surface area contributed by atoms with Crippen molar-refractivity contribution in [1.82, 2.24) is 5.32 Å². The molecule has 0 atom stereocenters. The molecular formula is C19H24ClN. The van der Waals surface area contributed by atoms with Crippen molar-refractivity contribution in [2.45, 2.75) is 39.7 Å². The lowest BCUT2D eigenvalue weighted by atomic mass is 9.97. The van der Waals surface area contributed by atoms with Crippen LogP contribution in [0.5, 0.6) is 0 Å². The summed E-state index contributed by atoms with van der Waals surface area (Å²) in [5.41, 5.74) is 5.18. The first-order valence-corrected chi connectivity index (χ1v) is 8.20. The fraction of sp³-hybridized carbons (Fsp3) is 0.368.